The summed E-state index contributed by atoms with van der Waals surface area (Å²) in [4.78, 5) is 23.5. The van der Waals surface area contributed by atoms with Crippen molar-refractivity contribution in [2.45, 2.75) is 12.8 Å². The first-order chi connectivity index (χ1) is 10.2. The number of carbonyl (C=O) groups excluding carboxylic acids is 2. The zero-order valence-corrected chi connectivity index (χ0v) is 12.0. The summed E-state index contributed by atoms with van der Waals surface area (Å²) in [5.41, 5.74) is 0.599. The number of amides is 1. The van der Waals surface area contributed by atoms with E-state index in [-0.39, 0.29) is 24.4 Å². The Morgan fingerprint density at radius 2 is 2.10 bits per heavy atom. The second-order valence-corrected chi connectivity index (χ2v) is 4.77. The molecule has 1 N–H and O–H groups in total. The molecule has 0 bridgehead atoms. The van der Waals surface area contributed by atoms with Crippen molar-refractivity contribution in [1.29, 1.82) is 0 Å². The lowest BCUT2D eigenvalue weighted by molar-refractivity contribution is -0.154. The highest BCUT2D eigenvalue weighted by Gasteiger charge is 2.23. The van der Waals surface area contributed by atoms with Gasteiger partial charge in [-0.3, -0.25) is 9.59 Å². The van der Waals surface area contributed by atoms with E-state index in [1.165, 1.54) is 0 Å². The number of hydrogen-bond donors (Lipinski definition) is 1. The van der Waals surface area contributed by atoms with Crippen molar-refractivity contribution in [2.24, 2.45) is 5.92 Å². The quantitative estimate of drug-likeness (QED) is 0.835. The van der Waals surface area contributed by atoms with Crippen LogP contribution in [0.4, 0.5) is 5.69 Å². The number of rotatable bonds is 5. The van der Waals surface area contributed by atoms with Gasteiger partial charge >= 0.3 is 5.97 Å². The molecule has 0 aliphatic carbocycles. The normalized spacial score (nSPS) is 15.3. The summed E-state index contributed by atoms with van der Waals surface area (Å²) >= 11 is 0. The second-order valence-electron chi connectivity index (χ2n) is 4.77. The summed E-state index contributed by atoms with van der Waals surface area (Å²) < 4.78 is 15.3. The van der Waals surface area contributed by atoms with Crippen LogP contribution in [0.1, 0.15) is 12.8 Å². The summed E-state index contributed by atoms with van der Waals surface area (Å²) in [6.45, 7) is 0.846. The van der Waals surface area contributed by atoms with E-state index in [2.05, 4.69) is 5.32 Å². The van der Waals surface area contributed by atoms with E-state index >= 15 is 0 Å². The molecule has 0 spiro atoms. The average molecular weight is 293 g/mol. The van der Waals surface area contributed by atoms with Crippen LogP contribution in [0, 0.1) is 5.92 Å². The van der Waals surface area contributed by atoms with Crippen molar-refractivity contribution in [3.63, 3.8) is 0 Å². The number of carbonyl (C=O) groups is 2. The molecule has 6 nitrogen and oxygen atoms in total. The van der Waals surface area contributed by atoms with Crippen LogP contribution in [0.15, 0.2) is 24.3 Å². The fourth-order valence-corrected chi connectivity index (χ4v) is 2.09. The third-order valence-corrected chi connectivity index (χ3v) is 3.25. The number of anilines is 1. The first kappa shape index (κ1) is 15.3. The highest BCUT2D eigenvalue weighted by atomic mass is 16.5. The Morgan fingerprint density at radius 3 is 2.81 bits per heavy atom. The molecule has 1 amide bonds. The van der Waals surface area contributed by atoms with Gasteiger partial charge in [-0.15, -0.1) is 0 Å². The van der Waals surface area contributed by atoms with Crippen molar-refractivity contribution in [2.75, 3.05) is 32.2 Å². The molecular formula is C15H19NO5. The Kier molecular flexibility index (Phi) is 5.57. The standard InChI is InChI=1S/C15H19NO5/c1-19-13-4-2-3-12(9-13)16-14(17)10-21-15(18)11-5-7-20-8-6-11/h2-4,9,11H,5-8,10H2,1H3,(H,16,17). The van der Waals surface area contributed by atoms with Crippen LogP contribution in [-0.4, -0.2) is 38.8 Å². The van der Waals surface area contributed by atoms with E-state index < -0.39 is 0 Å². The van der Waals surface area contributed by atoms with E-state index in [9.17, 15) is 9.59 Å². The zero-order valence-electron chi connectivity index (χ0n) is 12.0. The third kappa shape index (κ3) is 4.75. The summed E-state index contributed by atoms with van der Waals surface area (Å²) in [5, 5.41) is 2.65. The van der Waals surface area contributed by atoms with E-state index in [1.54, 1.807) is 31.4 Å². The Bertz CT molecular complexity index is 497. The Balaban J connectivity index is 1.77. The minimum Gasteiger partial charge on any atom is -0.497 e. The zero-order chi connectivity index (χ0) is 15.1. The molecule has 1 aliphatic rings. The van der Waals surface area contributed by atoms with Crippen molar-refractivity contribution in [3.8, 4) is 5.75 Å². The Morgan fingerprint density at radius 1 is 1.33 bits per heavy atom. The SMILES string of the molecule is COc1cccc(NC(=O)COC(=O)C2CCOCC2)c1. The molecule has 6 heteroatoms. The third-order valence-electron chi connectivity index (χ3n) is 3.25. The van der Waals surface area contributed by atoms with E-state index in [0.29, 0.717) is 37.5 Å². The highest BCUT2D eigenvalue weighted by Crippen LogP contribution is 2.17. The lowest BCUT2D eigenvalue weighted by Gasteiger charge is -2.20. The Labute approximate surface area is 123 Å². The van der Waals surface area contributed by atoms with Crippen LogP contribution in [0.25, 0.3) is 0 Å². The molecule has 1 aromatic carbocycles. The maximum absolute atomic E-state index is 11.8. The molecule has 114 valence electrons. The van der Waals surface area contributed by atoms with Crippen molar-refractivity contribution in [1.82, 2.24) is 0 Å². The van der Waals surface area contributed by atoms with Gasteiger partial charge in [-0.05, 0) is 25.0 Å². The van der Waals surface area contributed by atoms with E-state index in [4.69, 9.17) is 14.2 Å². The van der Waals surface area contributed by atoms with Crippen molar-refractivity contribution >= 4 is 17.6 Å². The maximum Gasteiger partial charge on any atom is 0.309 e. The largest absolute Gasteiger partial charge is 0.497 e. The lowest BCUT2D eigenvalue weighted by Crippen LogP contribution is -2.28. The van der Waals surface area contributed by atoms with Gasteiger partial charge in [0.15, 0.2) is 6.61 Å². The average Bonchev–Trinajstić information content (AvgIpc) is 2.53. The molecule has 0 aromatic heterocycles. The topological polar surface area (TPSA) is 73.9 Å². The minimum atomic E-state index is -0.372. The van der Waals surface area contributed by atoms with Gasteiger partial charge in [-0.1, -0.05) is 6.07 Å². The van der Waals surface area contributed by atoms with Crippen LogP contribution >= 0.6 is 0 Å². The van der Waals surface area contributed by atoms with E-state index in [1.807, 2.05) is 0 Å². The molecular weight excluding hydrogens is 274 g/mol. The summed E-state index contributed by atoms with van der Waals surface area (Å²) in [6, 6.07) is 6.97. The number of methoxy groups -OCH3 is 1. The summed E-state index contributed by atoms with van der Waals surface area (Å²) in [5.74, 6) is -0.224. The van der Waals surface area contributed by atoms with E-state index in [0.717, 1.165) is 0 Å². The number of nitrogens with one attached hydrogen (secondary N) is 1. The molecule has 1 saturated heterocycles. The number of ether oxygens (including phenoxy) is 3. The molecule has 0 atom stereocenters. The molecule has 1 aliphatic heterocycles. The summed E-state index contributed by atoms with van der Waals surface area (Å²) in [7, 11) is 1.55. The van der Waals surface area contributed by atoms with Gasteiger partial charge in [-0.2, -0.15) is 0 Å². The van der Waals surface area contributed by atoms with Crippen LogP contribution in [0.2, 0.25) is 0 Å². The first-order valence-electron chi connectivity index (χ1n) is 6.87. The van der Waals surface area contributed by atoms with Crippen molar-refractivity contribution < 1.29 is 23.8 Å². The molecule has 1 aromatic rings. The second kappa shape index (κ2) is 7.64. The monoisotopic (exact) mass is 293 g/mol. The van der Waals surface area contributed by atoms with Crippen LogP contribution in [-0.2, 0) is 19.1 Å². The molecule has 0 unspecified atom stereocenters. The molecule has 1 heterocycles. The van der Waals surface area contributed by atoms with Crippen LogP contribution in [0.5, 0.6) is 5.75 Å². The predicted molar refractivity (Wildman–Crippen MR) is 76.1 cm³/mol. The van der Waals surface area contributed by atoms with Gasteiger partial charge in [0.25, 0.3) is 5.91 Å². The minimum absolute atomic E-state index is 0.164. The maximum atomic E-state index is 11.8. The van der Waals surface area contributed by atoms with Gasteiger partial charge in [0.05, 0.1) is 13.0 Å². The van der Waals surface area contributed by atoms with Gasteiger partial charge < -0.3 is 19.5 Å². The number of benzene rings is 1. The molecule has 0 saturated carbocycles. The fraction of sp³-hybridized carbons (Fsp3) is 0.467. The smallest absolute Gasteiger partial charge is 0.309 e. The predicted octanol–water partition coefficient (Wildman–Crippen LogP) is 1.60. The fourth-order valence-electron chi connectivity index (χ4n) is 2.09. The molecule has 1 fully saturated rings. The van der Waals surface area contributed by atoms with Crippen LogP contribution < -0.4 is 10.1 Å². The van der Waals surface area contributed by atoms with Crippen LogP contribution in [0.3, 0.4) is 0 Å². The number of esters is 1. The van der Waals surface area contributed by atoms with Crippen molar-refractivity contribution in [3.05, 3.63) is 24.3 Å². The number of hydrogen-bond acceptors (Lipinski definition) is 5. The first-order valence-corrected chi connectivity index (χ1v) is 6.87. The molecule has 2 rings (SSSR count). The van der Waals surface area contributed by atoms with Gasteiger partial charge in [-0.25, -0.2) is 0 Å². The highest BCUT2D eigenvalue weighted by molar-refractivity contribution is 5.93. The van der Waals surface area contributed by atoms with Gasteiger partial charge in [0.1, 0.15) is 5.75 Å². The van der Waals surface area contributed by atoms with Gasteiger partial charge in [0, 0.05) is 25.0 Å². The van der Waals surface area contributed by atoms with Gasteiger partial charge in [0.2, 0.25) is 0 Å². The summed E-state index contributed by atoms with van der Waals surface area (Å²) in [6.07, 6.45) is 1.30. The Hall–Kier alpha value is -2.08. The lowest BCUT2D eigenvalue weighted by atomic mass is 10.0. The molecule has 21 heavy (non-hydrogen) atoms. The molecule has 0 radical (unpaired) electrons.